The van der Waals surface area contributed by atoms with E-state index in [2.05, 4.69) is 63.9 Å². The number of hydrogen-bond acceptors (Lipinski definition) is 3. The maximum absolute atomic E-state index is 4.16. The van der Waals surface area contributed by atoms with Crippen LogP contribution in [-0.4, -0.2) is 45.4 Å². The molecule has 5 heterocycles. The van der Waals surface area contributed by atoms with Gasteiger partial charge in [0.15, 0.2) is 0 Å². The van der Waals surface area contributed by atoms with Crippen LogP contribution < -0.4 is 0 Å². The summed E-state index contributed by atoms with van der Waals surface area (Å²) in [6.07, 6.45) is 6.53. The molecule has 6 rings (SSSR count). The third-order valence-electron chi connectivity index (χ3n) is 6.74. The van der Waals surface area contributed by atoms with E-state index in [1.807, 2.05) is 12.4 Å². The van der Waals surface area contributed by atoms with Crippen molar-refractivity contribution in [1.29, 1.82) is 0 Å². The van der Waals surface area contributed by atoms with Crippen LogP contribution in [0.1, 0.15) is 35.2 Å². The molecule has 0 saturated carbocycles. The fourth-order valence-corrected chi connectivity index (χ4v) is 5.20. The van der Waals surface area contributed by atoms with Gasteiger partial charge in [-0.3, -0.25) is 14.8 Å². The van der Waals surface area contributed by atoms with Crippen molar-refractivity contribution < 1.29 is 0 Å². The van der Waals surface area contributed by atoms with E-state index in [4.69, 9.17) is 0 Å². The summed E-state index contributed by atoms with van der Waals surface area (Å²) in [4.78, 5) is 13.3. The number of rotatable bonds is 4. The minimum absolute atomic E-state index is 0.660. The lowest BCUT2D eigenvalue weighted by molar-refractivity contribution is 0.121. The monoisotopic (exact) mass is 374 g/mol. The van der Waals surface area contributed by atoms with Crippen LogP contribution >= 0.6 is 0 Å². The average Bonchev–Trinajstić information content (AvgIpc) is 2.84. The molecule has 0 unspecified atom stereocenters. The number of aromatic nitrogens is 2. The second-order valence-corrected chi connectivity index (χ2v) is 8.85. The number of nitrogens with zero attached hydrogens (tertiary/aromatic N) is 3. The Morgan fingerprint density at radius 2 is 1.86 bits per heavy atom. The van der Waals surface area contributed by atoms with E-state index < -0.39 is 0 Å². The largest absolute Gasteiger partial charge is 0.357 e. The molecule has 3 aromatic rings. The molecule has 146 valence electrons. The van der Waals surface area contributed by atoms with E-state index >= 15 is 0 Å². The molecule has 28 heavy (non-hydrogen) atoms. The van der Waals surface area contributed by atoms with Gasteiger partial charge in [-0.25, -0.2) is 0 Å². The number of fused-ring (bicyclic) bond motifs is 5. The molecule has 1 N–H and O–H groups in total. The lowest BCUT2D eigenvalue weighted by Gasteiger charge is -2.36. The minimum atomic E-state index is 0.660. The molecule has 0 amide bonds. The molecular weight excluding hydrogens is 344 g/mol. The van der Waals surface area contributed by atoms with E-state index in [1.165, 1.54) is 65.8 Å². The number of benzene rings is 1. The first-order valence-corrected chi connectivity index (χ1v) is 10.6. The van der Waals surface area contributed by atoms with Gasteiger partial charge >= 0.3 is 0 Å². The van der Waals surface area contributed by atoms with Crippen molar-refractivity contribution in [3.63, 3.8) is 0 Å². The van der Waals surface area contributed by atoms with Crippen LogP contribution in [0.5, 0.6) is 0 Å². The predicted molar refractivity (Wildman–Crippen MR) is 114 cm³/mol. The van der Waals surface area contributed by atoms with Crippen molar-refractivity contribution in [1.82, 2.24) is 19.8 Å². The van der Waals surface area contributed by atoms with Gasteiger partial charge in [0, 0.05) is 67.8 Å². The van der Waals surface area contributed by atoms with E-state index in [9.17, 15) is 0 Å². The van der Waals surface area contributed by atoms with Gasteiger partial charge in [-0.2, -0.15) is 0 Å². The van der Waals surface area contributed by atoms with Crippen LogP contribution in [-0.2, 0) is 13.1 Å². The third-order valence-corrected chi connectivity index (χ3v) is 6.74. The summed E-state index contributed by atoms with van der Waals surface area (Å²) in [5, 5.41) is 1.38. The minimum Gasteiger partial charge on any atom is -0.357 e. The van der Waals surface area contributed by atoms with Gasteiger partial charge in [0.2, 0.25) is 0 Å². The maximum Gasteiger partial charge on any atom is 0.0459 e. The fourth-order valence-electron chi connectivity index (χ4n) is 5.20. The van der Waals surface area contributed by atoms with Gasteiger partial charge in [-0.15, -0.1) is 0 Å². The second kappa shape index (κ2) is 7.34. The number of piperidine rings is 1. The van der Waals surface area contributed by atoms with Crippen molar-refractivity contribution in [3.8, 4) is 0 Å². The highest BCUT2D eigenvalue weighted by Gasteiger charge is 2.35. The molecule has 0 radical (unpaired) electrons. The number of nitrogens with one attached hydrogen (secondary N) is 1. The second-order valence-electron chi connectivity index (χ2n) is 8.85. The van der Waals surface area contributed by atoms with Crippen molar-refractivity contribution in [2.24, 2.45) is 5.92 Å². The summed E-state index contributed by atoms with van der Waals surface area (Å²) < 4.78 is 0. The molecule has 3 aliphatic rings. The Bertz CT molecular complexity index is 961. The summed E-state index contributed by atoms with van der Waals surface area (Å²) in [7, 11) is 0. The average molecular weight is 375 g/mol. The summed E-state index contributed by atoms with van der Waals surface area (Å²) >= 11 is 0. The first-order valence-electron chi connectivity index (χ1n) is 10.6. The van der Waals surface area contributed by atoms with Gasteiger partial charge < -0.3 is 4.98 Å². The smallest absolute Gasteiger partial charge is 0.0459 e. The highest BCUT2D eigenvalue weighted by atomic mass is 15.3. The Morgan fingerprint density at radius 1 is 1.00 bits per heavy atom. The molecule has 1 aromatic carbocycles. The summed E-state index contributed by atoms with van der Waals surface area (Å²) in [5.41, 5.74) is 6.81. The fraction of sp³-hybridized carbons (Fsp3) is 0.458. The quantitative estimate of drug-likeness (QED) is 0.740. The molecule has 3 saturated heterocycles. The molecule has 3 aliphatic heterocycles. The zero-order chi connectivity index (χ0) is 19.1. The van der Waals surface area contributed by atoms with Crippen LogP contribution in [0.25, 0.3) is 10.9 Å². The highest BCUT2D eigenvalue weighted by molar-refractivity contribution is 5.85. The summed E-state index contributed by atoms with van der Waals surface area (Å²) in [6.45, 7) is 10.2. The number of aryl methyl sites for hydroxylation is 2. The molecule has 2 atom stereocenters. The Morgan fingerprint density at radius 3 is 2.71 bits per heavy atom. The van der Waals surface area contributed by atoms with Crippen molar-refractivity contribution >= 4 is 10.9 Å². The van der Waals surface area contributed by atoms with Gasteiger partial charge in [-0.1, -0.05) is 11.6 Å². The molecule has 4 heteroatoms. The number of aromatic amines is 1. The molecule has 4 nitrogen and oxygen atoms in total. The summed E-state index contributed by atoms with van der Waals surface area (Å²) in [5.74, 6) is 0.785. The summed E-state index contributed by atoms with van der Waals surface area (Å²) in [6, 6.07) is 11.7. The van der Waals surface area contributed by atoms with Gasteiger partial charge in [-0.05, 0) is 68.0 Å². The predicted octanol–water partition coefficient (Wildman–Crippen LogP) is 4.28. The maximum atomic E-state index is 4.16. The first kappa shape index (κ1) is 17.9. The Kier molecular flexibility index (Phi) is 4.69. The topological polar surface area (TPSA) is 35.2 Å². The zero-order valence-electron chi connectivity index (χ0n) is 17.0. The lowest BCUT2D eigenvalue weighted by Crippen LogP contribution is -2.43. The number of H-pyrrole nitrogens is 1. The Hall–Kier alpha value is -2.17. The number of pyridine rings is 1. The lowest BCUT2D eigenvalue weighted by atomic mass is 9.94. The zero-order valence-corrected chi connectivity index (χ0v) is 17.0. The molecule has 0 spiro atoms. The van der Waals surface area contributed by atoms with Crippen molar-refractivity contribution in [2.75, 3.05) is 19.6 Å². The van der Waals surface area contributed by atoms with E-state index in [1.54, 1.807) is 0 Å². The van der Waals surface area contributed by atoms with E-state index in [0.717, 1.165) is 19.0 Å². The molecule has 3 fully saturated rings. The van der Waals surface area contributed by atoms with Crippen LogP contribution in [0.2, 0.25) is 0 Å². The Balaban J connectivity index is 1.34. The SMILES string of the molecule is Cc1ccc2[nH]c(CN3C[C@H]4CC[C@@H]3CN(Cc3ccncc3)C4)c(C)c2c1. The normalized spacial score (nSPS) is 23.4. The molecular formula is C24H30N4. The molecule has 2 bridgehead atoms. The number of hydrogen-bond donors (Lipinski definition) is 1. The van der Waals surface area contributed by atoms with Crippen molar-refractivity contribution in [3.05, 3.63) is 65.1 Å². The van der Waals surface area contributed by atoms with E-state index in [-0.39, 0.29) is 0 Å². The standard InChI is InChI=1S/C24H30N4/c1-17-3-6-23-22(11-17)18(2)24(26-23)16-28-14-20-4-5-21(28)15-27(13-20)12-19-7-9-25-10-8-19/h3,6-11,20-21,26H,4-5,12-16H2,1-2H3/t20-,21+/m0/s1. The van der Waals surface area contributed by atoms with Crippen LogP contribution in [0.4, 0.5) is 0 Å². The van der Waals surface area contributed by atoms with E-state index in [0.29, 0.717) is 6.04 Å². The Labute approximate surface area is 167 Å². The molecule has 2 aromatic heterocycles. The molecule has 0 aliphatic carbocycles. The highest BCUT2D eigenvalue weighted by Crippen LogP contribution is 2.31. The van der Waals surface area contributed by atoms with Crippen LogP contribution in [0.15, 0.2) is 42.7 Å². The van der Waals surface area contributed by atoms with Crippen molar-refractivity contribution in [2.45, 2.75) is 45.8 Å². The third kappa shape index (κ3) is 3.47. The first-order chi connectivity index (χ1) is 13.7. The van der Waals surface area contributed by atoms with Gasteiger partial charge in [0.05, 0.1) is 0 Å². The van der Waals surface area contributed by atoms with Crippen LogP contribution in [0, 0.1) is 19.8 Å². The van der Waals surface area contributed by atoms with Crippen LogP contribution in [0.3, 0.4) is 0 Å². The van der Waals surface area contributed by atoms with Gasteiger partial charge in [0.25, 0.3) is 0 Å². The van der Waals surface area contributed by atoms with Gasteiger partial charge in [0.1, 0.15) is 0 Å².